The van der Waals surface area contributed by atoms with Crippen molar-refractivity contribution in [3.05, 3.63) is 10.4 Å². The first-order valence-electron chi connectivity index (χ1n) is 16.3. The topological polar surface area (TPSA) is 270 Å². The Morgan fingerprint density at radius 3 is 1.44 bits per heavy atom. The molecule has 21 heteroatoms. The van der Waals surface area contributed by atoms with Crippen LogP contribution in [0.5, 0.6) is 0 Å². The van der Waals surface area contributed by atoms with E-state index in [1.54, 1.807) is 0 Å². The maximum atomic E-state index is 12.5. The lowest BCUT2D eigenvalue weighted by Crippen LogP contribution is -2.67. The van der Waals surface area contributed by atoms with E-state index in [1.165, 1.54) is 0 Å². The van der Waals surface area contributed by atoms with Gasteiger partial charge in [0.05, 0.1) is 0 Å². The van der Waals surface area contributed by atoms with Crippen molar-refractivity contribution in [2.75, 3.05) is 26.4 Å². The summed E-state index contributed by atoms with van der Waals surface area (Å²) in [6.07, 6.45) is -13.9. The van der Waals surface area contributed by atoms with Crippen molar-refractivity contribution in [1.82, 2.24) is 0 Å². The largest absolute Gasteiger partial charge is 0.463 e. The van der Waals surface area contributed by atoms with Gasteiger partial charge in [-0.1, -0.05) is 11.5 Å². The van der Waals surface area contributed by atoms with Crippen molar-refractivity contribution in [3.63, 3.8) is 0 Å². The van der Waals surface area contributed by atoms with Crippen molar-refractivity contribution in [1.29, 1.82) is 0 Å². The van der Waals surface area contributed by atoms with Gasteiger partial charge in [0.2, 0.25) is 0 Å². The lowest BCUT2D eigenvalue weighted by Gasteiger charge is -2.48. The fraction of sp³-hybridized carbons (Fsp3) is 0.774. The molecule has 0 aromatic carbocycles. The molecule has 0 amide bonds. The van der Waals surface area contributed by atoms with Crippen molar-refractivity contribution >= 4 is 41.8 Å². The van der Waals surface area contributed by atoms with Crippen molar-refractivity contribution in [2.45, 2.75) is 129 Å². The summed E-state index contributed by atoms with van der Waals surface area (Å²) in [5.41, 5.74) is 8.47. The highest BCUT2D eigenvalue weighted by Gasteiger charge is 2.57. The maximum Gasteiger partial charge on any atom is 0.303 e. The monoisotopic (exact) mass is 747 g/mol. The van der Waals surface area contributed by atoms with E-state index in [0.29, 0.717) is 19.3 Å². The Kier molecular flexibility index (Phi) is 18.2. The third kappa shape index (κ3) is 14.6. The molecule has 0 saturated carbocycles. The molecule has 52 heavy (non-hydrogen) atoms. The first kappa shape index (κ1) is 43.6. The van der Waals surface area contributed by atoms with Gasteiger partial charge in [-0.05, 0) is 18.4 Å². The Morgan fingerprint density at radius 1 is 0.538 bits per heavy atom. The number of carbonyl (C=O) groups excluding carboxylic acids is 7. The molecule has 10 atom stereocenters. The minimum absolute atomic E-state index is 0.0387. The summed E-state index contributed by atoms with van der Waals surface area (Å²) >= 11 is 0. The van der Waals surface area contributed by atoms with Crippen molar-refractivity contribution in [3.8, 4) is 0 Å². The number of esters is 7. The number of hydrogen-bond acceptors (Lipinski definition) is 19. The summed E-state index contributed by atoms with van der Waals surface area (Å²) in [6, 6.07) is 0. The van der Waals surface area contributed by atoms with Gasteiger partial charge in [0.15, 0.2) is 43.1 Å². The molecule has 2 aliphatic rings. The number of carbonyl (C=O) groups is 7. The second-order valence-electron chi connectivity index (χ2n) is 11.5. The summed E-state index contributed by atoms with van der Waals surface area (Å²) < 4.78 is 62.1. The van der Waals surface area contributed by atoms with Crippen LogP contribution in [0.4, 0.5) is 0 Å². The number of azide groups is 1. The SMILES string of the molecule is CC(=O)OCC1O[C@@H](O[C@H]2C(COC(C)=O)O[C@@H](OCCCCCN=[N+]=[N-])C(OC(C)=O)[C@H]2OC(C)=O)C(OC(C)=O)[C@@H](OC(C)=O)[C@H]1OC(C)=O. The zero-order valence-corrected chi connectivity index (χ0v) is 29.9. The first-order valence-corrected chi connectivity index (χ1v) is 16.3. The highest BCUT2D eigenvalue weighted by molar-refractivity contribution is 5.69. The molecule has 4 unspecified atom stereocenters. The molecule has 21 nitrogen and oxygen atoms in total. The molecule has 0 aromatic rings. The second kappa shape index (κ2) is 21.7. The molecule has 2 fully saturated rings. The van der Waals surface area contributed by atoms with Crippen LogP contribution >= 0.6 is 0 Å². The summed E-state index contributed by atoms with van der Waals surface area (Å²) in [4.78, 5) is 88.0. The molecule has 2 heterocycles. The Labute approximate surface area is 298 Å². The fourth-order valence-electron chi connectivity index (χ4n) is 5.31. The Morgan fingerprint density at radius 2 is 0.962 bits per heavy atom. The lowest BCUT2D eigenvalue weighted by atomic mass is 9.96. The number of ether oxygens (including phenoxy) is 11. The normalized spacial score (nSPS) is 28.2. The van der Waals surface area contributed by atoms with E-state index in [0.717, 1.165) is 48.5 Å². The summed E-state index contributed by atoms with van der Waals surface area (Å²) in [5.74, 6) is -5.87. The van der Waals surface area contributed by atoms with E-state index in [1.807, 2.05) is 0 Å². The summed E-state index contributed by atoms with van der Waals surface area (Å²) in [7, 11) is 0. The van der Waals surface area contributed by atoms with Crippen LogP contribution in [0.25, 0.3) is 10.4 Å². The Hall–Kier alpha value is -4.56. The first-order chi connectivity index (χ1) is 24.5. The lowest BCUT2D eigenvalue weighted by molar-refractivity contribution is -0.361. The van der Waals surface area contributed by atoms with E-state index >= 15 is 0 Å². The smallest absolute Gasteiger partial charge is 0.303 e. The van der Waals surface area contributed by atoms with Crippen LogP contribution in [0.2, 0.25) is 0 Å². The highest BCUT2D eigenvalue weighted by atomic mass is 16.8. The fourth-order valence-corrected chi connectivity index (χ4v) is 5.31. The quantitative estimate of drug-likeness (QED) is 0.0474. The molecule has 292 valence electrons. The molecule has 0 spiro atoms. The molecular weight excluding hydrogens is 702 g/mol. The van der Waals surface area contributed by atoms with Crippen LogP contribution in [-0.4, -0.2) is 130 Å². The minimum Gasteiger partial charge on any atom is -0.463 e. The van der Waals surface area contributed by atoms with Crippen LogP contribution in [0, 0.1) is 0 Å². The molecule has 2 saturated heterocycles. The van der Waals surface area contributed by atoms with Gasteiger partial charge in [-0.15, -0.1) is 0 Å². The Bertz CT molecular complexity index is 1320. The predicted octanol–water partition coefficient (Wildman–Crippen LogP) is 1.10. The van der Waals surface area contributed by atoms with Gasteiger partial charge in [-0.25, -0.2) is 0 Å². The third-order valence-corrected chi connectivity index (χ3v) is 7.13. The predicted molar refractivity (Wildman–Crippen MR) is 167 cm³/mol. The van der Waals surface area contributed by atoms with Crippen LogP contribution in [-0.2, 0) is 85.7 Å². The van der Waals surface area contributed by atoms with Crippen LogP contribution in [0.3, 0.4) is 0 Å². The summed E-state index contributed by atoms with van der Waals surface area (Å²) in [5, 5.41) is 3.47. The van der Waals surface area contributed by atoms with Gasteiger partial charge in [0.1, 0.15) is 31.5 Å². The zero-order chi connectivity index (χ0) is 39.0. The number of nitrogens with zero attached hydrogens (tertiary/aromatic N) is 3. The zero-order valence-electron chi connectivity index (χ0n) is 29.9. The molecule has 0 radical (unpaired) electrons. The van der Waals surface area contributed by atoms with E-state index in [9.17, 15) is 33.6 Å². The van der Waals surface area contributed by atoms with E-state index < -0.39 is 116 Å². The average Bonchev–Trinajstić information content (AvgIpc) is 3.02. The van der Waals surface area contributed by atoms with Gasteiger partial charge >= 0.3 is 41.8 Å². The van der Waals surface area contributed by atoms with Gasteiger partial charge in [0, 0.05) is 66.5 Å². The molecule has 0 bridgehead atoms. The standard InChI is InChI=1S/C31H45N3O18/c1-15(35)43-13-22-24(45-17(3)37)26(46-18(4)38)29(49-21(7)41)31(51-22)52-25-23(14-44-16(2)36)50-30(42-12-10-8-9-11-33-34-32)28(48-20(6)40)27(25)47-19(5)39/h22-31H,8-14H2,1-7H3/t22?,23?,24-,25-,26-,27-,28?,29?,30+,31-/m0/s1. The van der Waals surface area contributed by atoms with Gasteiger partial charge in [0.25, 0.3) is 0 Å². The minimum atomic E-state index is -1.79. The van der Waals surface area contributed by atoms with E-state index in [4.69, 9.17) is 57.6 Å². The van der Waals surface area contributed by atoms with Gasteiger partial charge in [-0.2, -0.15) is 0 Å². The van der Waals surface area contributed by atoms with Crippen molar-refractivity contribution < 1.29 is 85.7 Å². The number of rotatable bonds is 18. The van der Waals surface area contributed by atoms with Gasteiger partial charge in [-0.3, -0.25) is 33.6 Å². The third-order valence-electron chi connectivity index (χ3n) is 7.13. The van der Waals surface area contributed by atoms with E-state index in [-0.39, 0.29) is 13.2 Å². The number of hydrogen-bond donors (Lipinski definition) is 0. The molecule has 2 aliphatic heterocycles. The molecule has 2 rings (SSSR count). The molecule has 0 aliphatic carbocycles. The van der Waals surface area contributed by atoms with Crippen LogP contribution < -0.4 is 0 Å². The van der Waals surface area contributed by atoms with Crippen molar-refractivity contribution in [2.24, 2.45) is 5.11 Å². The molecule has 0 N–H and O–H groups in total. The Balaban J connectivity index is 2.64. The molecular formula is C31H45N3O18. The second-order valence-corrected chi connectivity index (χ2v) is 11.5. The van der Waals surface area contributed by atoms with E-state index in [2.05, 4.69) is 10.0 Å². The number of unbranched alkanes of at least 4 members (excludes halogenated alkanes) is 2. The van der Waals surface area contributed by atoms with Crippen LogP contribution in [0.15, 0.2) is 5.11 Å². The highest BCUT2D eigenvalue weighted by Crippen LogP contribution is 2.35. The average molecular weight is 748 g/mol. The maximum absolute atomic E-state index is 12.5. The summed E-state index contributed by atoms with van der Waals surface area (Å²) in [6.45, 7) is 6.67. The van der Waals surface area contributed by atoms with Crippen LogP contribution in [0.1, 0.15) is 67.7 Å². The van der Waals surface area contributed by atoms with Gasteiger partial charge < -0.3 is 52.1 Å². The molecule has 0 aromatic heterocycles.